The fourth-order valence-corrected chi connectivity index (χ4v) is 5.20. The van der Waals surface area contributed by atoms with E-state index < -0.39 is 0 Å². The molecule has 2 aliphatic rings. The first kappa shape index (κ1) is 19.7. The number of rotatable bonds is 3. The molecule has 160 valence electrons. The van der Waals surface area contributed by atoms with Crippen LogP contribution in [-0.4, -0.2) is 34.4 Å². The smallest absolute Gasteiger partial charge is 0.321 e. The number of aromatic nitrogens is 1. The van der Waals surface area contributed by atoms with Crippen LogP contribution < -0.4 is 16.1 Å². The van der Waals surface area contributed by atoms with Crippen LogP contribution in [-0.2, 0) is 13.0 Å². The predicted octanol–water partition coefficient (Wildman–Crippen LogP) is 3.51. The number of thiazole rings is 1. The van der Waals surface area contributed by atoms with Gasteiger partial charge in [0.05, 0.1) is 17.6 Å². The van der Waals surface area contributed by atoms with Gasteiger partial charge >= 0.3 is 6.03 Å². The number of para-hydroxylation sites is 1. The normalized spacial score (nSPS) is 16.3. The van der Waals surface area contributed by atoms with E-state index in [1.165, 1.54) is 17.4 Å². The molecule has 1 saturated carbocycles. The lowest BCUT2D eigenvalue weighted by molar-refractivity contribution is 0.0704. The van der Waals surface area contributed by atoms with Crippen molar-refractivity contribution in [1.82, 2.24) is 15.2 Å². The lowest BCUT2D eigenvalue weighted by atomic mass is 10.1. The average Bonchev–Trinajstić information content (AvgIpc) is 3.41. The molecule has 0 radical (unpaired) electrons. The summed E-state index contributed by atoms with van der Waals surface area (Å²) in [5, 5.41) is 6.80. The molecule has 5 rings (SSSR count). The lowest BCUT2D eigenvalue weighted by Crippen LogP contribution is -2.36. The number of hydrogen-bond donors (Lipinski definition) is 2. The van der Waals surface area contributed by atoms with Crippen molar-refractivity contribution in [2.45, 2.75) is 44.7 Å². The summed E-state index contributed by atoms with van der Waals surface area (Å²) in [6, 6.07) is 8.14. The van der Waals surface area contributed by atoms with Crippen molar-refractivity contribution < 1.29 is 14.0 Å². The zero-order valence-corrected chi connectivity index (χ0v) is 17.7. The predicted molar refractivity (Wildman–Crippen MR) is 117 cm³/mol. The third-order valence-corrected chi connectivity index (χ3v) is 6.77. The molecule has 0 bridgehead atoms. The number of carbonyl (C=O) groups is 2. The van der Waals surface area contributed by atoms with Crippen LogP contribution >= 0.6 is 11.3 Å². The summed E-state index contributed by atoms with van der Waals surface area (Å²) >= 11 is 1.37. The van der Waals surface area contributed by atoms with Gasteiger partial charge in [0, 0.05) is 30.0 Å². The Kier molecular flexibility index (Phi) is 5.19. The molecule has 3 amide bonds. The minimum atomic E-state index is -0.324. The Balaban J connectivity index is 1.29. The first-order chi connectivity index (χ1) is 15.1. The summed E-state index contributed by atoms with van der Waals surface area (Å²) in [6.07, 6.45) is 4.92. The molecule has 31 heavy (non-hydrogen) atoms. The number of benzene rings is 1. The topological polar surface area (TPSA) is 105 Å². The molecule has 2 aromatic heterocycles. The Hall–Kier alpha value is -3.20. The molecule has 0 atom stereocenters. The molecule has 1 aliphatic heterocycles. The van der Waals surface area contributed by atoms with Crippen molar-refractivity contribution in [1.29, 1.82) is 0 Å². The molecule has 2 N–H and O–H groups in total. The maximum absolute atomic E-state index is 13.0. The van der Waals surface area contributed by atoms with E-state index in [2.05, 4.69) is 15.6 Å². The molecule has 3 aromatic rings. The molecule has 1 fully saturated rings. The SMILES string of the molecule is O=C(Nc1nc2c(s1)CN(C(=O)c1cc(=O)c3ccccc3o1)CC2)NC1CCCC1. The van der Waals surface area contributed by atoms with Gasteiger partial charge in [0.1, 0.15) is 5.58 Å². The van der Waals surface area contributed by atoms with Gasteiger partial charge in [-0.25, -0.2) is 9.78 Å². The van der Waals surface area contributed by atoms with Crippen molar-refractivity contribution in [3.05, 3.63) is 56.9 Å². The molecule has 8 nitrogen and oxygen atoms in total. The van der Waals surface area contributed by atoms with Crippen molar-refractivity contribution in [2.24, 2.45) is 0 Å². The van der Waals surface area contributed by atoms with E-state index >= 15 is 0 Å². The van der Waals surface area contributed by atoms with Crippen LogP contribution in [0, 0.1) is 0 Å². The Labute approximate surface area is 182 Å². The van der Waals surface area contributed by atoms with E-state index in [0.29, 0.717) is 35.6 Å². The lowest BCUT2D eigenvalue weighted by Gasteiger charge is -2.25. The van der Waals surface area contributed by atoms with E-state index in [1.54, 1.807) is 29.2 Å². The summed E-state index contributed by atoms with van der Waals surface area (Å²) in [5.41, 5.74) is 1.05. The second-order valence-electron chi connectivity index (χ2n) is 7.92. The van der Waals surface area contributed by atoms with Gasteiger partial charge in [-0.1, -0.05) is 36.3 Å². The Morgan fingerprint density at radius 1 is 1.19 bits per heavy atom. The fraction of sp³-hybridized carbons (Fsp3) is 0.364. The van der Waals surface area contributed by atoms with Crippen molar-refractivity contribution in [3.8, 4) is 0 Å². The van der Waals surface area contributed by atoms with E-state index in [4.69, 9.17) is 4.42 Å². The first-order valence-electron chi connectivity index (χ1n) is 10.4. The number of hydrogen-bond acceptors (Lipinski definition) is 6. The standard InChI is InChI=1S/C22H22N4O4S/c27-16-11-18(30-17-8-4-3-7-14(16)17)20(28)26-10-9-15-19(12-26)31-22(24-15)25-21(29)23-13-5-1-2-6-13/h3-4,7-8,11,13H,1-2,5-6,9-10,12H2,(H2,23,24,25,29). The monoisotopic (exact) mass is 438 g/mol. The maximum atomic E-state index is 13.0. The summed E-state index contributed by atoms with van der Waals surface area (Å²) in [6.45, 7) is 0.841. The van der Waals surface area contributed by atoms with Crippen LogP contribution in [0.2, 0.25) is 0 Å². The summed E-state index contributed by atoms with van der Waals surface area (Å²) in [5.74, 6) is -0.290. The largest absolute Gasteiger partial charge is 0.451 e. The second kappa shape index (κ2) is 8.14. The quantitative estimate of drug-likeness (QED) is 0.651. The highest BCUT2D eigenvalue weighted by Crippen LogP contribution is 2.29. The molecule has 0 spiro atoms. The maximum Gasteiger partial charge on any atom is 0.321 e. The molecule has 1 aromatic carbocycles. The van der Waals surface area contributed by atoms with Crippen LogP contribution in [0.15, 0.2) is 39.5 Å². The number of anilines is 1. The van der Waals surface area contributed by atoms with Gasteiger partial charge in [0.15, 0.2) is 16.3 Å². The van der Waals surface area contributed by atoms with Gasteiger partial charge in [0.25, 0.3) is 5.91 Å². The first-order valence-corrected chi connectivity index (χ1v) is 11.3. The number of urea groups is 1. The zero-order valence-electron chi connectivity index (χ0n) is 16.8. The minimum Gasteiger partial charge on any atom is -0.451 e. The summed E-state index contributed by atoms with van der Waals surface area (Å²) in [7, 11) is 0. The molecule has 3 heterocycles. The average molecular weight is 439 g/mol. The Morgan fingerprint density at radius 3 is 2.84 bits per heavy atom. The highest BCUT2D eigenvalue weighted by Gasteiger charge is 2.27. The van der Waals surface area contributed by atoms with E-state index in [-0.39, 0.29) is 29.2 Å². The summed E-state index contributed by atoms with van der Waals surface area (Å²) < 4.78 is 5.70. The third-order valence-electron chi connectivity index (χ3n) is 5.77. The Morgan fingerprint density at radius 2 is 2.00 bits per heavy atom. The van der Waals surface area contributed by atoms with Gasteiger partial charge in [-0.05, 0) is 25.0 Å². The van der Waals surface area contributed by atoms with Crippen LogP contribution in [0.3, 0.4) is 0 Å². The second-order valence-corrected chi connectivity index (χ2v) is 9.00. The zero-order chi connectivity index (χ0) is 21.4. The third kappa shape index (κ3) is 4.05. The number of carbonyl (C=O) groups excluding carboxylic acids is 2. The highest BCUT2D eigenvalue weighted by molar-refractivity contribution is 7.15. The minimum absolute atomic E-state index is 0.0333. The van der Waals surface area contributed by atoms with Gasteiger partial charge in [-0.2, -0.15) is 0 Å². The highest BCUT2D eigenvalue weighted by atomic mass is 32.1. The number of nitrogens with zero attached hydrogens (tertiary/aromatic N) is 2. The molecule has 0 saturated heterocycles. The van der Waals surface area contributed by atoms with E-state index in [1.807, 2.05) is 0 Å². The number of amides is 3. The van der Waals surface area contributed by atoms with Crippen molar-refractivity contribution in [3.63, 3.8) is 0 Å². The Bertz CT molecular complexity index is 1210. The van der Waals surface area contributed by atoms with Gasteiger partial charge in [-0.3, -0.25) is 14.9 Å². The number of fused-ring (bicyclic) bond motifs is 2. The van der Waals surface area contributed by atoms with Crippen LogP contribution in [0.4, 0.5) is 9.93 Å². The van der Waals surface area contributed by atoms with Gasteiger partial charge in [-0.15, -0.1) is 0 Å². The number of nitrogens with one attached hydrogen (secondary N) is 2. The molecule has 1 aliphatic carbocycles. The van der Waals surface area contributed by atoms with E-state index in [0.717, 1.165) is 36.3 Å². The van der Waals surface area contributed by atoms with Crippen LogP contribution in [0.25, 0.3) is 11.0 Å². The van der Waals surface area contributed by atoms with Crippen LogP contribution in [0.1, 0.15) is 46.8 Å². The summed E-state index contributed by atoms with van der Waals surface area (Å²) in [4.78, 5) is 44.6. The van der Waals surface area contributed by atoms with Crippen LogP contribution in [0.5, 0.6) is 0 Å². The van der Waals surface area contributed by atoms with Gasteiger partial charge in [0.2, 0.25) is 0 Å². The van der Waals surface area contributed by atoms with Crippen molar-refractivity contribution >= 4 is 39.4 Å². The van der Waals surface area contributed by atoms with Crippen molar-refractivity contribution in [2.75, 3.05) is 11.9 Å². The molecule has 0 unspecified atom stereocenters. The fourth-order valence-electron chi connectivity index (χ4n) is 4.18. The molecule has 9 heteroatoms. The molecular formula is C22H22N4O4S. The molecular weight excluding hydrogens is 416 g/mol. The van der Waals surface area contributed by atoms with E-state index in [9.17, 15) is 14.4 Å². The van der Waals surface area contributed by atoms with Gasteiger partial charge < -0.3 is 14.6 Å².